The minimum Gasteiger partial charge on any atom is -0.313 e. The molecule has 0 aromatic carbocycles. The summed E-state index contributed by atoms with van der Waals surface area (Å²) in [5, 5.41) is 3.65. The maximum atomic E-state index is 3.65. The van der Waals surface area contributed by atoms with Gasteiger partial charge < -0.3 is 10.2 Å². The summed E-state index contributed by atoms with van der Waals surface area (Å²) >= 11 is 0. The van der Waals surface area contributed by atoms with Crippen LogP contribution in [0, 0.1) is 0 Å². The molecule has 0 bridgehead atoms. The molecular formula is C12H26N2. The van der Waals surface area contributed by atoms with Gasteiger partial charge in [-0.1, -0.05) is 19.8 Å². The van der Waals surface area contributed by atoms with Gasteiger partial charge in [0, 0.05) is 18.6 Å². The molecule has 84 valence electrons. The van der Waals surface area contributed by atoms with E-state index in [1.54, 1.807) is 0 Å². The van der Waals surface area contributed by atoms with E-state index >= 15 is 0 Å². The summed E-state index contributed by atoms with van der Waals surface area (Å²) in [6.07, 6.45) is 6.76. The van der Waals surface area contributed by atoms with Gasteiger partial charge in [0.15, 0.2) is 0 Å². The van der Waals surface area contributed by atoms with Crippen molar-refractivity contribution in [1.82, 2.24) is 10.2 Å². The molecular weight excluding hydrogens is 172 g/mol. The standard InChI is InChI=1S/C12H26N2/c1-4-5-7-11(2)13-10-12-8-6-9-14(12)3/h11-13H,4-10H2,1-3H3. The maximum absolute atomic E-state index is 3.65. The second-order valence-electron chi connectivity index (χ2n) is 4.73. The molecule has 0 aliphatic carbocycles. The highest BCUT2D eigenvalue weighted by molar-refractivity contribution is 4.79. The Morgan fingerprint density at radius 3 is 2.86 bits per heavy atom. The van der Waals surface area contributed by atoms with E-state index in [0.29, 0.717) is 6.04 Å². The van der Waals surface area contributed by atoms with Gasteiger partial charge in [0.25, 0.3) is 0 Å². The lowest BCUT2D eigenvalue weighted by atomic mass is 10.1. The van der Waals surface area contributed by atoms with Crippen molar-refractivity contribution in [2.75, 3.05) is 20.1 Å². The van der Waals surface area contributed by atoms with E-state index in [-0.39, 0.29) is 0 Å². The molecule has 0 amide bonds. The summed E-state index contributed by atoms with van der Waals surface area (Å²) in [6, 6.07) is 1.49. The molecule has 2 unspecified atom stereocenters. The fourth-order valence-corrected chi connectivity index (χ4v) is 2.19. The Labute approximate surface area is 89.1 Å². The van der Waals surface area contributed by atoms with Crippen LogP contribution in [0.3, 0.4) is 0 Å². The minimum absolute atomic E-state index is 0.698. The molecule has 0 spiro atoms. The van der Waals surface area contributed by atoms with Crippen LogP contribution < -0.4 is 5.32 Å². The van der Waals surface area contributed by atoms with Crippen LogP contribution in [0.5, 0.6) is 0 Å². The van der Waals surface area contributed by atoms with Crippen LogP contribution in [0.25, 0.3) is 0 Å². The van der Waals surface area contributed by atoms with Gasteiger partial charge in [-0.3, -0.25) is 0 Å². The van der Waals surface area contributed by atoms with Crippen LogP contribution in [0.4, 0.5) is 0 Å². The first-order valence-corrected chi connectivity index (χ1v) is 6.17. The van der Waals surface area contributed by atoms with Crippen LogP contribution in [-0.4, -0.2) is 37.1 Å². The molecule has 1 heterocycles. The summed E-state index contributed by atoms with van der Waals surface area (Å²) in [6.45, 7) is 7.04. The molecule has 2 atom stereocenters. The van der Waals surface area contributed by atoms with Gasteiger partial charge in [-0.15, -0.1) is 0 Å². The van der Waals surface area contributed by atoms with Gasteiger partial charge in [-0.25, -0.2) is 0 Å². The van der Waals surface area contributed by atoms with E-state index in [4.69, 9.17) is 0 Å². The van der Waals surface area contributed by atoms with Crippen molar-refractivity contribution >= 4 is 0 Å². The number of unbranched alkanes of at least 4 members (excludes halogenated alkanes) is 1. The van der Waals surface area contributed by atoms with Crippen molar-refractivity contribution in [2.24, 2.45) is 0 Å². The minimum atomic E-state index is 0.698. The summed E-state index contributed by atoms with van der Waals surface area (Å²) in [5.74, 6) is 0. The van der Waals surface area contributed by atoms with Crippen LogP contribution >= 0.6 is 0 Å². The monoisotopic (exact) mass is 198 g/mol. The topological polar surface area (TPSA) is 15.3 Å². The lowest BCUT2D eigenvalue weighted by molar-refractivity contribution is 0.290. The van der Waals surface area contributed by atoms with Gasteiger partial charge in [-0.2, -0.15) is 0 Å². The molecule has 2 nitrogen and oxygen atoms in total. The lowest BCUT2D eigenvalue weighted by Crippen LogP contribution is -2.39. The quantitative estimate of drug-likeness (QED) is 0.704. The first-order valence-electron chi connectivity index (χ1n) is 6.17. The Bertz CT molecular complexity index is 147. The van der Waals surface area contributed by atoms with Crippen molar-refractivity contribution in [2.45, 2.75) is 58.0 Å². The van der Waals surface area contributed by atoms with Crippen molar-refractivity contribution in [3.8, 4) is 0 Å². The van der Waals surface area contributed by atoms with Crippen LogP contribution in [0.1, 0.15) is 46.0 Å². The maximum Gasteiger partial charge on any atom is 0.0218 e. The van der Waals surface area contributed by atoms with E-state index in [1.165, 1.54) is 45.2 Å². The summed E-state index contributed by atoms with van der Waals surface area (Å²) in [4.78, 5) is 2.49. The molecule has 14 heavy (non-hydrogen) atoms. The summed E-state index contributed by atoms with van der Waals surface area (Å²) in [5.41, 5.74) is 0. The lowest BCUT2D eigenvalue weighted by Gasteiger charge is -2.22. The second kappa shape index (κ2) is 6.41. The third-order valence-electron chi connectivity index (χ3n) is 3.36. The predicted molar refractivity (Wildman–Crippen MR) is 62.6 cm³/mol. The fraction of sp³-hybridized carbons (Fsp3) is 1.00. The molecule has 1 aliphatic rings. The average molecular weight is 198 g/mol. The highest BCUT2D eigenvalue weighted by atomic mass is 15.2. The molecule has 0 saturated carbocycles. The SMILES string of the molecule is CCCCC(C)NCC1CCCN1C. The number of likely N-dealkylation sites (N-methyl/N-ethyl adjacent to an activating group) is 1. The van der Waals surface area contributed by atoms with E-state index < -0.39 is 0 Å². The molecule has 0 aromatic rings. The van der Waals surface area contributed by atoms with Gasteiger partial charge >= 0.3 is 0 Å². The third-order valence-corrected chi connectivity index (χ3v) is 3.36. The number of hydrogen-bond donors (Lipinski definition) is 1. The Kier molecular flexibility index (Phi) is 5.49. The molecule has 1 saturated heterocycles. The molecule has 2 heteroatoms. The Hall–Kier alpha value is -0.0800. The van der Waals surface area contributed by atoms with Gasteiger partial charge in [0.05, 0.1) is 0 Å². The second-order valence-corrected chi connectivity index (χ2v) is 4.73. The van der Waals surface area contributed by atoms with Crippen molar-refractivity contribution in [3.05, 3.63) is 0 Å². The molecule has 1 N–H and O–H groups in total. The normalized spacial score (nSPS) is 25.5. The molecule has 1 fully saturated rings. The number of nitrogens with one attached hydrogen (secondary N) is 1. The molecule has 1 aliphatic heterocycles. The predicted octanol–water partition coefficient (Wildman–Crippen LogP) is 2.25. The first-order chi connectivity index (χ1) is 6.74. The molecule has 0 aromatic heterocycles. The van der Waals surface area contributed by atoms with E-state index in [0.717, 1.165) is 6.04 Å². The van der Waals surface area contributed by atoms with Crippen LogP contribution in [-0.2, 0) is 0 Å². The number of rotatable bonds is 6. The van der Waals surface area contributed by atoms with E-state index in [9.17, 15) is 0 Å². The van der Waals surface area contributed by atoms with Gasteiger partial charge in [0.1, 0.15) is 0 Å². The number of nitrogens with zero attached hydrogens (tertiary/aromatic N) is 1. The summed E-state index contributed by atoms with van der Waals surface area (Å²) in [7, 11) is 2.25. The van der Waals surface area contributed by atoms with Crippen LogP contribution in [0.2, 0.25) is 0 Å². The van der Waals surface area contributed by atoms with Gasteiger partial charge in [0.2, 0.25) is 0 Å². The van der Waals surface area contributed by atoms with E-state index in [2.05, 4.69) is 31.1 Å². The zero-order valence-electron chi connectivity index (χ0n) is 10.1. The Balaban J connectivity index is 2.07. The Morgan fingerprint density at radius 1 is 1.50 bits per heavy atom. The first kappa shape index (κ1) is 12.0. The smallest absolute Gasteiger partial charge is 0.0218 e. The number of hydrogen-bond acceptors (Lipinski definition) is 2. The van der Waals surface area contributed by atoms with Crippen molar-refractivity contribution in [3.63, 3.8) is 0 Å². The summed E-state index contributed by atoms with van der Waals surface area (Å²) < 4.78 is 0. The van der Waals surface area contributed by atoms with Crippen molar-refractivity contribution < 1.29 is 0 Å². The van der Waals surface area contributed by atoms with E-state index in [1.807, 2.05) is 0 Å². The fourth-order valence-electron chi connectivity index (χ4n) is 2.19. The highest BCUT2D eigenvalue weighted by Gasteiger charge is 2.20. The van der Waals surface area contributed by atoms with Crippen LogP contribution in [0.15, 0.2) is 0 Å². The zero-order valence-corrected chi connectivity index (χ0v) is 10.1. The third kappa shape index (κ3) is 3.97. The zero-order chi connectivity index (χ0) is 10.4. The Morgan fingerprint density at radius 2 is 2.29 bits per heavy atom. The largest absolute Gasteiger partial charge is 0.313 e. The average Bonchev–Trinajstić information content (AvgIpc) is 2.58. The molecule has 0 radical (unpaired) electrons. The van der Waals surface area contributed by atoms with Gasteiger partial charge in [-0.05, 0) is 39.8 Å². The number of likely N-dealkylation sites (tertiary alicyclic amines) is 1. The van der Waals surface area contributed by atoms with Crippen molar-refractivity contribution in [1.29, 1.82) is 0 Å². The highest BCUT2D eigenvalue weighted by Crippen LogP contribution is 2.13. The molecule has 1 rings (SSSR count).